The Morgan fingerprint density at radius 1 is 1.07 bits per heavy atom. The Morgan fingerprint density at radius 3 is 2.67 bits per heavy atom. The predicted octanol–water partition coefficient (Wildman–Crippen LogP) is 7.44. The maximum absolute atomic E-state index is 14.7. The molecule has 2 aliphatic rings. The van der Waals surface area contributed by atoms with Crippen molar-refractivity contribution >= 4 is 28.9 Å². The molecule has 0 spiro atoms. The second-order valence-electron chi connectivity index (χ2n) is 10.0. The van der Waals surface area contributed by atoms with Crippen molar-refractivity contribution in [2.75, 3.05) is 17.7 Å². The highest BCUT2D eigenvalue weighted by Gasteiger charge is 2.25. The summed E-state index contributed by atoms with van der Waals surface area (Å²) in [5.74, 6) is -1.02. The molecule has 2 unspecified atom stereocenters. The van der Waals surface area contributed by atoms with Crippen LogP contribution >= 0.6 is 0 Å². The van der Waals surface area contributed by atoms with Crippen molar-refractivity contribution in [3.8, 4) is 16.9 Å². The number of ether oxygens (including phenoxy) is 2. The number of amides is 2. The van der Waals surface area contributed by atoms with Crippen molar-refractivity contribution in [3.05, 3.63) is 96.0 Å². The molecule has 42 heavy (non-hydrogen) atoms. The lowest BCUT2D eigenvalue weighted by molar-refractivity contribution is -0.116. The zero-order valence-corrected chi connectivity index (χ0v) is 22.8. The van der Waals surface area contributed by atoms with Gasteiger partial charge in [-0.25, -0.2) is 9.18 Å². The van der Waals surface area contributed by atoms with Gasteiger partial charge in [0.15, 0.2) is 0 Å². The third-order valence-corrected chi connectivity index (χ3v) is 7.35. The van der Waals surface area contributed by atoms with E-state index in [1.165, 1.54) is 25.3 Å². The molecule has 3 aromatic rings. The molecule has 7 nitrogen and oxygen atoms in total. The Hall–Kier alpha value is -4.73. The maximum Gasteiger partial charge on any atom is 0.411 e. The van der Waals surface area contributed by atoms with E-state index in [0.717, 1.165) is 29.5 Å². The van der Waals surface area contributed by atoms with Crippen LogP contribution in [-0.2, 0) is 9.53 Å². The topological polar surface area (TPSA) is 88.7 Å². The number of anilines is 2. The first-order valence-corrected chi connectivity index (χ1v) is 13.6. The second kappa shape index (κ2) is 12.8. The van der Waals surface area contributed by atoms with Crippen LogP contribution < -0.4 is 20.7 Å². The number of fused-ring (bicyclic) bond motifs is 4. The fourth-order valence-corrected chi connectivity index (χ4v) is 5.38. The van der Waals surface area contributed by atoms with Crippen molar-refractivity contribution in [3.63, 3.8) is 0 Å². The summed E-state index contributed by atoms with van der Waals surface area (Å²) in [7, 11) is 1.28. The molecular formula is C32H30F3N3O4. The van der Waals surface area contributed by atoms with Crippen LogP contribution in [-0.4, -0.2) is 31.8 Å². The van der Waals surface area contributed by atoms with E-state index in [-0.39, 0.29) is 29.2 Å². The molecule has 0 aliphatic carbocycles. The van der Waals surface area contributed by atoms with Gasteiger partial charge < -0.3 is 20.1 Å². The molecule has 0 radical (unpaired) electrons. The number of dihydropyridines is 1. The number of hydrogen-bond acceptors (Lipinski definition) is 5. The third kappa shape index (κ3) is 6.59. The number of nitrogens with one attached hydrogen (secondary N) is 3. The van der Waals surface area contributed by atoms with Crippen molar-refractivity contribution < 1.29 is 32.2 Å². The van der Waals surface area contributed by atoms with Crippen LogP contribution in [0.4, 0.5) is 29.3 Å². The Kier molecular flexibility index (Phi) is 8.80. The van der Waals surface area contributed by atoms with Gasteiger partial charge >= 0.3 is 12.7 Å². The van der Waals surface area contributed by atoms with Gasteiger partial charge in [0, 0.05) is 35.4 Å². The Labute approximate surface area is 241 Å². The average Bonchev–Trinajstić information content (AvgIpc) is 2.97. The summed E-state index contributed by atoms with van der Waals surface area (Å²) in [5.41, 5.74) is 4.15. The number of carbonyl (C=O) groups is 2. The van der Waals surface area contributed by atoms with Gasteiger partial charge in [-0.05, 0) is 48.2 Å². The molecular weight excluding hydrogens is 547 g/mol. The van der Waals surface area contributed by atoms with E-state index in [1.807, 2.05) is 30.3 Å². The van der Waals surface area contributed by atoms with Gasteiger partial charge in [-0.3, -0.25) is 10.1 Å². The number of alkyl halides is 2. The highest BCUT2D eigenvalue weighted by atomic mass is 19.3. The molecule has 2 heterocycles. The summed E-state index contributed by atoms with van der Waals surface area (Å²) in [6.07, 6.45) is 7.18. The van der Waals surface area contributed by atoms with Crippen molar-refractivity contribution in [1.29, 1.82) is 0 Å². The minimum Gasteiger partial charge on any atom is -0.453 e. The molecule has 2 atom stereocenters. The van der Waals surface area contributed by atoms with Gasteiger partial charge in [0.05, 0.1) is 24.4 Å². The molecule has 3 aromatic carbocycles. The zero-order chi connectivity index (χ0) is 29.6. The SMILES string of the molecule is COC(=O)Nc1ccc2c(c1)NC(=O)CCCCC(C1C=CC(c3c(F)cccc3OC(F)F)=CN1)c1cccc-2c1. The van der Waals surface area contributed by atoms with Gasteiger partial charge in [0.1, 0.15) is 11.6 Å². The van der Waals surface area contributed by atoms with Crippen molar-refractivity contribution in [1.82, 2.24) is 5.32 Å². The minimum absolute atomic E-state index is 0.00241. The molecule has 0 saturated carbocycles. The average molecular weight is 578 g/mol. The largest absolute Gasteiger partial charge is 0.453 e. The van der Waals surface area contributed by atoms with Crippen LogP contribution in [0.15, 0.2) is 79.0 Å². The summed E-state index contributed by atoms with van der Waals surface area (Å²) in [6.45, 7) is -3.08. The number of methoxy groups -OCH3 is 1. The number of hydrogen-bond donors (Lipinski definition) is 3. The Bertz CT molecular complexity index is 1540. The second-order valence-corrected chi connectivity index (χ2v) is 10.0. The van der Waals surface area contributed by atoms with Gasteiger partial charge in [0.2, 0.25) is 5.91 Å². The standard InChI is InChI=1S/C32H30F3N3O4/c1-41-32(40)37-22-13-14-24-20-7-4-6-19(16-20)23(8-2-3-11-29(39)38-27(24)17-22)26-15-12-21(18-36-26)30-25(33)9-5-10-28(30)42-31(34)35/h4-7,9-10,12-18,23,26,31,36H,2-3,8,11H2,1H3,(H,37,40)(H,38,39). The molecule has 218 valence electrons. The lowest BCUT2D eigenvalue weighted by atomic mass is 9.83. The summed E-state index contributed by atoms with van der Waals surface area (Å²) < 4.78 is 49.9. The van der Waals surface area contributed by atoms with Crippen LogP contribution in [0.1, 0.15) is 42.7 Å². The first kappa shape index (κ1) is 28.8. The number of allylic oxidation sites excluding steroid dienone is 2. The van der Waals surface area contributed by atoms with E-state index in [9.17, 15) is 22.8 Å². The normalized spacial score (nSPS) is 18.4. The molecule has 2 bridgehead atoms. The molecule has 0 fully saturated rings. The first-order valence-electron chi connectivity index (χ1n) is 13.6. The summed E-state index contributed by atoms with van der Waals surface area (Å²) in [4.78, 5) is 24.5. The number of rotatable bonds is 5. The summed E-state index contributed by atoms with van der Waals surface area (Å²) >= 11 is 0. The number of halogens is 3. The van der Waals surface area contributed by atoms with Crippen molar-refractivity contribution in [2.45, 2.75) is 44.3 Å². The predicted molar refractivity (Wildman–Crippen MR) is 155 cm³/mol. The van der Waals surface area contributed by atoms with E-state index in [2.05, 4.69) is 31.5 Å². The number of benzene rings is 3. The van der Waals surface area contributed by atoms with E-state index >= 15 is 0 Å². The van der Waals surface area contributed by atoms with Crippen molar-refractivity contribution in [2.24, 2.45) is 0 Å². The highest BCUT2D eigenvalue weighted by molar-refractivity contribution is 5.97. The van der Waals surface area contributed by atoms with Gasteiger partial charge in [0.25, 0.3) is 0 Å². The molecule has 0 aromatic heterocycles. The molecule has 10 heteroatoms. The fourth-order valence-electron chi connectivity index (χ4n) is 5.38. The third-order valence-electron chi connectivity index (χ3n) is 7.35. The van der Waals surface area contributed by atoms with E-state index in [1.54, 1.807) is 24.4 Å². The van der Waals surface area contributed by atoms with Gasteiger partial charge in [-0.2, -0.15) is 8.78 Å². The molecule has 5 rings (SSSR count). The van der Waals surface area contributed by atoms with E-state index < -0.39 is 18.5 Å². The first-order chi connectivity index (χ1) is 20.3. The summed E-state index contributed by atoms with van der Waals surface area (Å²) in [5, 5.41) is 8.95. The highest BCUT2D eigenvalue weighted by Crippen LogP contribution is 2.37. The monoisotopic (exact) mass is 577 g/mol. The van der Waals surface area contributed by atoms with E-state index in [4.69, 9.17) is 0 Å². The van der Waals surface area contributed by atoms with Crippen LogP contribution in [0, 0.1) is 5.82 Å². The summed E-state index contributed by atoms with van der Waals surface area (Å²) in [6, 6.07) is 17.0. The quantitative estimate of drug-likeness (QED) is 0.293. The van der Waals surface area contributed by atoms with Crippen LogP contribution in [0.3, 0.4) is 0 Å². The van der Waals surface area contributed by atoms with E-state index in [0.29, 0.717) is 29.8 Å². The lowest BCUT2D eigenvalue weighted by Gasteiger charge is -2.29. The van der Waals surface area contributed by atoms with Crippen LogP contribution in [0.2, 0.25) is 0 Å². The molecule has 3 N–H and O–H groups in total. The van der Waals surface area contributed by atoms with Crippen LogP contribution in [0.5, 0.6) is 5.75 Å². The fraction of sp³-hybridized carbons (Fsp3) is 0.250. The number of carbonyl (C=O) groups excluding carboxylic acids is 2. The van der Waals surface area contributed by atoms with Gasteiger partial charge in [-0.15, -0.1) is 0 Å². The van der Waals surface area contributed by atoms with Crippen LogP contribution in [0.25, 0.3) is 16.7 Å². The zero-order valence-electron chi connectivity index (χ0n) is 22.8. The smallest absolute Gasteiger partial charge is 0.411 e. The van der Waals surface area contributed by atoms with Gasteiger partial charge in [-0.1, -0.05) is 55.0 Å². The lowest BCUT2D eigenvalue weighted by Crippen LogP contribution is -2.32. The minimum atomic E-state index is -3.08. The molecule has 0 saturated heterocycles. The Balaban J connectivity index is 1.46. The maximum atomic E-state index is 14.7. The Morgan fingerprint density at radius 2 is 1.90 bits per heavy atom. The molecule has 2 amide bonds. The molecule has 2 aliphatic heterocycles.